The van der Waals surface area contributed by atoms with E-state index in [4.69, 9.17) is 14.6 Å². The van der Waals surface area contributed by atoms with Crippen LogP contribution >= 0.6 is 0 Å². The molecule has 1 aromatic rings. The average molecular weight is 278 g/mol. The van der Waals surface area contributed by atoms with Gasteiger partial charge in [-0.2, -0.15) is 13.2 Å². The van der Waals surface area contributed by atoms with Crippen LogP contribution in [0.2, 0.25) is 0 Å². The summed E-state index contributed by atoms with van der Waals surface area (Å²) < 4.78 is 48.0. The highest BCUT2D eigenvalue weighted by molar-refractivity contribution is 5.77. The Balaban J connectivity index is 3.52. The molecule has 0 heterocycles. The number of benzene rings is 1. The van der Waals surface area contributed by atoms with Gasteiger partial charge >= 0.3 is 12.1 Å². The Morgan fingerprint density at radius 3 is 2.11 bits per heavy atom. The first-order valence-corrected chi connectivity index (χ1v) is 5.28. The highest BCUT2D eigenvalue weighted by Gasteiger charge is 2.37. The van der Waals surface area contributed by atoms with E-state index in [1.165, 1.54) is 6.92 Å². The summed E-state index contributed by atoms with van der Waals surface area (Å²) in [5.41, 5.74) is -0.881. The van der Waals surface area contributed by atoms with Gasteiger partial charge in [0.2, 0.25) is 0 Å². The summed E-state index contributed by atoms with van der Waals surface area (Å²) in [6.45, 7) is 1.35. The molecule has 4 nitrogen and oxygen atoms in total. The lowest BCUT2D eigenvalue weighted by Crippen LogP contribution is -2.13. The third-order valence-corrected chi connectivity index (χ3v) is 2.69. The molecule has 0 saturated carbocycles. The fraction of sp³-hybridized carbons (Fsp3) is 0.417. The van der Waals surface area contributed by atoms with Gasteiger partial charge in [-0.05, 0) is 13.0 Å². The molecule has 0 aliphatic rings. The molecule has 0 aliphatic carbocycles. The maximum absolute atomic E-state index is 12.8. The molecular weight excluding hydrogens is 265 g/mol. The summed E-state index contributed by atoms with van der Waals surface area (Å²) in [6, 6.07) is 1.87. The summed E-state index contributed by atoms with van der Waals surface area (Å²) in [4.78, 5) is 10.9. The maximum atomic E-state index is 12.8. The number of alkyl halides is 3. The lowest BCUT2D eigenvalue weighted by atomic mass is 9.97. The molecule has 0 radical (unpaired) electrons. The Morgan fingerprint density at radius 1 is 1.21 bits per heavy atom. The molecule has 0 saturated heterocycles. The predicted molar refractivity (Wildman–Crippen MR) is 60.6 cm³/mol. The van der Waals surface area contributed by atoms with E-state index >= 15 is 0 Å². The van der Waals surface area contributed by atoms with Crippen molar-refractivity contribution in [2.45, 2.75) is 19.0 Å². The van der Waals surface area contributed by atoms with Gasteiger partial charge in [-0.15, -0.1) is 0 Å². The van der Waals surface area contributed by atoms with E-state index in [1.54, 1.807) is 0 Å². The van der Waals surface area contributed by atoms with Crippen molar-refractivity contribution < 1.29 is 32.5 Å². The molecule has 1 rings (SSSR count). The van der Waals surface area contributed by atoms with Crippen LogP contribution < -0.4 is 9.47 Å². The molecule has 0 aliphatic heterocycles. The highest BCUT2D eigenvalue weighted by atomic mass is 19.4. The van der Waals surface area contributed by atoms with E-state index in [0.717, 1.165) is 26.4 Å². The second-order valence-electron chi connectivity index (χ2n) is 3.83. The third-order valence-electron chi connectivity index (χ3n) is 2.69. The average Bonchev–Trinajstić information content (AvgIpc) is 2.34. The number of ether oxygens (including phenoxy) is 2. The van der Waals surface area contributed by atoms with Gasteiger partial charge in [-0.3, -0.25) is 4.79 Å². The number of carboxylic acids is 1. The van der Waals surface area contributed by atoms with Gasteiger partial charge < -0.3 is 14.6 Å². The van der Waals surface area contributed by atoms with Crippen LogP contribution in [0.15, 0.2) is 12.1 Å². The summed E-state index contributed by atoms with van der Waals surface area (Å²) >= 11 is 0. The molecular formula is C12H13F3O4. The van der Waals surface area contributed by atoms with Gasteiger partial charge in [0.05, 0.1) is 20.1 Å². The first-order valence-electron chi connectivity index (χ1n) is 5.28. The molecule has 0 fully saturated rings. The molecule has 0 amide bonds. The van der Waals surface area contributed by atoms with Gasteiger partial charge in [-0.1, -0.05) is 6.07 Å². The van der Waals surface area contributed by atoms with Crippen molar-refractivity contribution in [2.24, 2.45) is 0 Å². The molecule has 0 bridgehead atoms. The summed E-state index contributed by atoms with van der Waals surface area (Å²) in [5, 5.41) is 8.93. The van der Waals surface area contributed by atoms with Crippen LogP contribution in [0.5, 0.6) is 11.5 Å². The number of carbonyl (C=O) groups is 1. The Morgan fingerprint density at radius 2 is 1.74 bits per heavy atom. The molecule has 19 heavy (non-hydrogen) atoms. The van der Waals surface area contributed by atoms with E-state index in [1.807, 2.05) is 0 Å². The number of hydrogen-bond donors (Lipinski definition) is 1. The summed E-state index contributed by atoms with van der Waals surface area (Å²) in [6.07, 6.45) is -4.61. The van der Waals surface area contributed by atoms with Crippen molar-refractivity contribution in [3.63, 3.8) is 0 Å². The lowest BCUT2D eigenvalue weighted by Gasteiger charge is -2.19. The maximum Gasteiger partial charge on any atom is 0.420 e. The van der Waals surface area contributed by atoms with Crippen molar-refractivity contribution in [1.82, 2.24) is 0 Å². The first kappa shape index (κ1) is 15.1. The molecule has 7 heteroatoms. The Labute approximate surface area is 107 Å². The van der Waals surface area contributed by atoms with Gasteiger partial charge in [-0.25, -0.2) is 0 Å². The zero-order valence-corrected chi connectivity index (χ0v) is 10.5. The van der Waals surface area contributed by atoms with Crippen LogP contribution in [0, 0.1) is 0 Å². The number of carboxylic acid groups (broad SMARTS) is 1. The third kappa shape index (κ3) is 2.91. The van der Waals surface area contributed by atoms with Crippen molar-refractivity contribution in [2.75, 3.05) is 14.2 Å². The number of aliphatic carboxylic acids is 1. The molecule has 0 spiro atoms. The number of halogens is 3. The second kappa shape index (κ2) is 5.38. The monoisotopic (exact) mass is 278 g/mol. The lowest BCUT2D eigenvalue weighted by molar-refractivity contribution is -0.139. The van der Waals surface area contributed by atoms with Gasteiger partial charge in [0.25, 0.3) is 0 Å². The largest absolute Gasteiger partial charge is 0.493 e. The Hall–Kier alpha value is -1.92. The SMILES string of the molecule is COc1c(C(C)C(=O)O)ccc(C(F)(F)F)c1OC. The van der Waals surface area contributed by atoms with E-state index in [-0.39, 0.29) is 11.3 Å². The quantitative estimate of drug-likeness (QED) is 0.920. The van der Waals surface area contributed by atoms with Crippen LogP contribution in [0.1, 0.15) is 24.0 Å². The van der Waals surface area contributed by atoms with Crippen molar-refractivity contribution >= 4 is 5.97 Å². The Bertz CT molecular complexity index is 483. The zero-order chi connectivity index (χ0) is 14.8. The molecule has 106 valence electrons. The topological polar surface area (TPSA) is 55.8 Å². The van der Waals surface area contributed by atoms with Gasteiger partial charge in [0, 0.05) is 5.56 Å². The second-order valence-corrected chi connectivity index (χ2v) is 3.83. The van der Waals surface area contributed by atoms with Crippen LogP contribution in [0.25, 0.3) is 0 Å². The van der Waals surface area contributed by atoms with E-state index in [9.17, 15) is 18.0 Å². The molecule has 1 atom stereocenters. The van der Waals surface area contributed by atoms with E-state index in [2.05, 4.69) is 0 Å². The number of methoxy groups -OCH3 is 2. The van der Waals surface area contributed by atoms with Crippen LogP contribution in [0.4, 0.5) is 13.2 Å². The zero-order valence-electron chi connectivity index (χ0n) is 10.5. The minimum Gasteiger partial charge on any atom is -0.493 e. The van der Waals surface area contributed by atoms with Crippen LogP contribution in [-0.4, -0.2) is 25.3 Å². The molecule has 1 aromatic carbocycles. The van der Waals surface area contributed by atoms with Crippen molar-refractivity contribution in [1.29, 1.82) is 0 Å². The summed E-state index contributed by atoms with van der Waals surface area (Å²) in [7, 11) is 2.23. The fourth-order valence-corrected chi connectivity index (χ4v) is 1.69. The molecule has 1 unspecified atom stereocenters. The predicted octanol–water partition coefficient (Wildman–Crippen LogP) is 2.91. The minimum atomic E-state index is -4.61. The normalized spacial score (nSPS) is 12.9. The van der Waals surface area contributed by atoms with E-state index < -0.39 is 29.4 Å². The van der Waals surface area contributed by atoms with Crippen LogP contribution in [0.3, 0.4) is 0 Å². The van der Waals surface area contributed by atoms with Crippen LogP contribution in [-0.2, 0) is 11.0 Å². The number of rotatable bonds is 4. The smallest absolute Gasteiger partial charge is 0.420 e. The molecule has 1 N–H and O–H groups in total. The molecule has 0 aromatic heterocycles. The first-order chi connectivity index (χ1) is 8.73. The summed E-state index contributed by atoms with van der Waals surface area (Å²) in [5.74, 6) is -2.90. The fourth-order valence-electron chi connectivity index (χ4n) is 1.69. The van der Waals surface area contributed by atoms with Crippen molar-refractivity contribution in [3.05, 3.63) is 23.3 Å². The van der Waals surface area contributed by atoms with Crippen molar-refractivity contribution in [3.8, 4) is 11.5 Å². The van der Waals surface area contributed by atoms with Gasteiger partial charge in [0.15, 0.2) is 11.5 Å². The van der Waals surface area contributed by atoms with Gasteiger partial charge in [0.1, 0.15) is 5.56 Å². The van der Waals surface area contributed by atoms with E-state index in [0.29, 0.717) is 0 Å². The minimum absolute atomic E-state index is 0.125. The standard InChI is InChI=1S/C12H13F3O4/c1-6(11(16)17)7-4-5-8(12(13,14)15)10(19-3)9(7)18-2/h4-6H,1-3H3,(H,16,17). The Kier molecular flexibility index (Phi) is 4.28. The highest BCUT2D eigenvalue weighted by Crippen LogP contribution is 2.45. The number of hydrogen-bond acceptors (Lipinski definition) is 3.